The molecule has 0 bridgehead atoms. The highest BCUT2D eigenvalue weighted by molar-refractivity contribution is 7.94. The fourth-order valence-electron chi connectivity index (χ4n) is 2.63. The molecule has 2 heterocycles. The normalized spacial score (nSPS) is 12.4. The second-order valence-corrected chi connectivity index (χ2v) is 11.3. The zero-order valence-corrected chi connectivity index (χ0v) is 18.0. The monoisotopic (exact) mass is 439 g/mol. The lowest BCUT2D eigenvalue weighted by atomic mass is 10.2. The van der Waals surface area contributed by atoms with Crippen LogP contribution in [-0.4, -0.2) is 27.6 Å². The number of hydrogen-bond donors (Lipinski definition) is 0. The summed E-state index contributed by atoms with van der Waals surface area (Å²) in [7, 11) is -8.09. The molecule has 0 amide bonds. The van der Waals surface area contributed by atoms with Gasteiger partial charge in [-0.1, -0.05) is 43.5 Å². The van der Waals surface area contributed by atoms with Gasteiger partial charge in [-0.15, -0.1) is 11.3 Å². The molecule has 0 unspecified atom stereocenters. The molecule has 0 radical (unpaired) electrons. The molecule has 0 saturated carbocycles. The Balaban J connectivity index is 2.14. The van der Waals surface area contributed by atoms with Crippen molar-refractivity contribution in [2.24, 2.45) is 0 Å². The van der Waals surface area contributed by atoms with Crippen LogP contribution in [-0.2, 0) is 19.7 Å². The van der Waals surface area contributed by atoms with Crippen LogP contribution in [0.5, 0.6) is 0 Å². The molecule has 9 heteroatoms. The maximum absolute atomic E-state index is 13.1. The van der Waals surface area contributed by atoms with Crippen molar-refractivity contribution in [3.63, 3.8) is 0 Å². The van der Waals surface area contributed by atoms with Gasteiger partial charge in [-0.3, -0.25) is 0 Å². The highest BCUT2D eigenvalue weighted by Crippen LogP contribution is 2.34. The first kappa shape index (κ1) is 20.8. The highest BCUT2D eigenvalue weighted by Gasteiger charge is 2.35. The number of aryl methyl sites for hydroxylation is 1. The van der Waals surface area contributed by atoms with Gasteiger partial charge in [0.1, 0.15) is 0 Å². The van der Waals surface area contributed by atoms with Crippen molar-refractivity contribution in [3.8, 4) is 10.8 Å². The zero-order valence-electron chi connectivity index (χ0n) is 15.6. The van der Waals surface area contributed by atoms with Crippen molar-refractivity contribution in [1.29, 1.82) is 0 Å². The number of rotatable bonds is 8. The van der Waals surface area contributed by atoms with Crippen molar-refractivity contribution in [3.05, 3.63) is 47.3 Å². The predicted molar refractivity (Wildman–Crippen MR) is 108 cm³/mol. The van der Waals surface area contributed by atoms with Crippen molar-refractivity contribution in [1.82, 2.24) is 4.98 Å². The molecular weight excluding hydrogens is 418 g/mol. The van der Waals surface area contributed by atoms with Crippen molar-refractivity contribution in [2.45, 2.75) is 48.1 Å². The van der Waals surface area contributed by atoms with Crippen LogP contribution in [0.4, 0.5) is 0 Å². The van der Waals surface area contributed by atoms with Gasteiger partial charge in [0.15, 0.2) is 0 Å². The van der Waals surface area contributed by atoms with Crippen molar-refractivity contribution in [2.75, 3.05) is 5.75 Å². The second-order valence-electron chi connectivity index (χ2n) is 6.43. The molecule has 0 N–H and O–H groups in total. The summed E-state index contributed by atoms with van der Waals surface area (Å²) in [6, 6.07) is 9.65. The van der Waals surface area contributed by atoms with Gasteiger partial charge >= 0.3 is 0 Å². The van der Waals surface area contributed by atoms with E-state index in [4.69, 9.17) is 4.42 Å². The number of hydrogen-bond acceptors (Lipinski definition) is 7. The number of nitrogens with zero attached hydrogens (tertiary/aromatic N) is 1. The minimum Gasteiger partial charge on any atom is -0.422 e. The second kappa shape index (κ2) is 8.18. The van der Waals surface area contributed by atoms with E-state index >= 15 is 0 Å². The number of aromatic nitrogens is 1. The molecule has 0 spiro atoms. The Morgan fingerprint density at radius 2 is 1.75 bits per heavy atom. The lowest BCUT2D eigenvalue weighted by Crippen LogP contribution is -2.12. The third-order valence-corrected chi connectivity index (χ3v) is 8.52. The molecule has 0 atom stereocenters. The molecule has 28 heavy (non-hydrogen) atoms. The maximum Gasteiger partial charge on any atom is 0.258 e. The summed E-state index contributed by atoms with van der Waals surface area (Å²) >= 11 is 1.29. The third-order valence-electron chi connectivity index (χ3n) is 4.18. The van der Waals surface area contributed by atoms with Gasteiger partial charge in [0, 0.05) is 0 Å². The van der Waals surface area contributed by atoms with Crippen LogP contribution < -0.4 is 0 Å². The minimum atomic E-state index is -4.15. The van der Waals surface area contributed by atoms with Gasteiger partial charge in [-0.25, -0.2) is 16.8 Å². The van der Waals surface area contributed by atoms with Gasteiger partial charge < -0.3 is 4.42 Å². The van der Waals surface area contributed by atoms with Gasteiger partial charge in [0.25, 0.3) is 5.09 Å². The number of sulfone groups is 2. The quantitative estimate of drug-likeness (QED) is 0.479. The van der Waals surface area contributed by atoms with Crippen LogP contribution in [0, 0.1) is 6.92 Å². The molecule has 3 aromatic rings. The summed E-state index contributed by atoms with van der Waals surface area (Å²) in [6.45, 7) is 3.80. The molecule has 0 fully saturated rings. The average molecular weight is 440 g/mol. The van der Waals surface area contributed by atoms with E-state index in [0.29, 0.717) is 11.3 Å². The third kappa shape index (κ3) is 4.21. The highest BCUT2D eigenvalue weighted by atomic mass is 32.2. The first-order chi connectivity index (χ1) is 13.3. The van der Waals surface area contributed by atoms with E-state index < -0.39 is 29.8 Å². The molecule has 150 valence electrons. The number of benzene rings is 1. The maximum atomic E-state index is 13.1. The lowest BCUT2D eigenvalue weighted by Gasteiger charge is -2.05. The Morgan fingerprint density at radius 1 is 1.04 bits per heavy atom. The fourth-order valence-corrected chi connectivity index (χ4v) is 6.46. The Kier molecular flexibility index (Phi) is 6.07. The first-order valence-corrected chi connectivity index (χ1v) is 12.9. The molecule has 0 saturated heterocycles. The Bertz CT molecular complexity index is 1140. The van der Waals surface area contributed by atoms with E-state index in [-0.39, 0.29) is 16.5 Å². The van der Waals surface area contributed by atoms with Crippen molar-refractivity contribution < 1.29 is 21.3 Å². The molecule has 1 aromatic carbocycles. The molecule has 0 aliphatic heterocycles. The summed E-state index contributed by atoms with van der Waals surface area (Å²) in [4.78, 5) is 4.64. The van der Waals surface area contributed by atoms with Crippen LogP contribution >= 0.6 is 11.3 Å². The van der Waals surface area contributed by atoms with Gasteiger partial charge in [-0.05, 0) is 36.9 Å². The first-order valence-electron chi connectivity index (χ1n) is 8.85. The average Bonchev–Trinajstić information content (AvgIpc) is 3.32. The van der Waals surface area contributed by atoms with Crippen LogP contribution in [0.1, 0.15) is 31.7 Å². The Labute approximate surface area is 169 Å². The van der Waals surface area contributed by atoms with Crippen LogP contribution in [0.25, 0.3) is 10.8 Å². The van der Waals surface area contributed by atoms with E-state index in [1.54, 1.807) is 29.6 Å². The molecule has 2 aromatic heterocycles. The SMILES string of the molecule is CCCCCS(=O)(=O)c1oc(-c2cccs2)nc1S(=O)(=O)c1ccc(C)cc1. The van der Waals surface area contributed by atoms with E-state index in [1.165, 1.54) is 23.5 Å². The molecule has 0 aliphatic carbocycles. The lowest BCUT2D eigenvalue weighted by molar-refractivity contribution is 0.445. The van der Waals surface area contributed by atoms with E-state index in [9.17, 15) is 16.8 Å². The summed E-state index contributed by atoms with van der Waals surface area (Å²) in [6.07, 6.45) is 2.00. The Morgan fingerprint density at radius 3 is 2.36 bits per heavy atom. The van der Waals surface area contributed by atoms with Crippen LogP contribution in [0.15, 0.2) is 61.2 Å². The fraction of sp³-hybridized carbons (Fsp3) is 0.316. The molecule has 0 aliphatic rings. The largest absolute Gasteiger partial charge is 0.422 e. The summed E-state index contributed by atoms with van der Waals surface area (Å²) in [5.74, 6) is -0.189. The number of oxazole rings is 1. The zero-order chi connectivity index (χ0) is 20.4. The smallest absolute Gasteiger partial charge is 0.258 e. The van der Waals surface area contributed by atoms with Gasteiger partial charge in [0.2, 0.25) is 30.6 Å². The Hall–Kier alpha value is -1.97. The van der Waals surface area contributed by atoms with Gasteiger partial charge in [0.05, 0.1) is 15.5 Å². The predicted octanol–water partition coefficient (Wildman–Crippen LogP) is 4.51. The standard InChI is InChI=1S/C19H21NO5S3/c1-3-4-5-13-27(21,22)19-18(20-17(25-19)16-7-6-12-26-16)28(23,24)15-10-8-14(2)9-11-15/h6-12H,3-5,13H2,1-2H3. The molecule has 6 nitrogen and oxygen atoms in total. The summed E-state index contributed by atoms with van der Waals surface area (Å²) < 4.78 is 57.5. The van der Waals surface area contributed by atoms with E-state index in [2.05, 4.69) is 4.98 Å². The number of thiophene rings is 1. The molecule has 3 rings (SSSR count). The van der Waals surface area contributed by atoms with E-state index in [0.717, 1.165) is 18.4 Å². The summed E-state index contributed by atoms with van der Waals surface area (Å²) in [5, 5.41) is 0.659. The van der Waals surface area contributed by atoms with E-state index in [1.807, 2.05) is 13.8 Å². The van der Waals surface area contributed by atoms with Crippen molar-refractivity contribution >= 4 is 31.0 Å². The number of unbranched alkanes of at least 4 members (excludes halogenated alkanes) is 2. The van der Waals surface area contributed by atoms with Gasteiger partial charge in [-0.2, -0.15) is 4.98 Å². The minimum absolute atomic E-state index is 0.00486. The topological polar surface area (TPSA) is 94.3 Å². The molecular formula is C19H21NO5S3. The van der Waals surface area contributed by atoms with Crippen LogP contribution in [0.2, 0.25) is 0 Å². The van der Waals surface area contributed by atoms with Crippen LogP contribution in [0.3, 0.4) is 0 Å². The summed E-state index contributed by atoms with van der Waals surface area (Å²) in [5.41, 5.74) is 0.894.